The van der Waals surface area contributed by atoms with Crippen LogP contribution in [0.3, 0.4) is 0 Å². The molecule has 0 radical (unpaired) electrons. The van der Waals surface area contributed by atoms with Crippen LogP contribution in [0.1, 0.15) is 43.0 Å². The van der Waals surface area contributed by atoms with E-state index in [1.807, 2.05) is 42.5 Å². The summed E-state index contributed by atoms with van der Waals surface area (Å²) in [5, 5.41) is 6.94. The van der Waals surface area contributed by atoms with E-state index in [9.17, 15) is 4.79 Å². The molecule has 3 aromatic rings. The number of aromatic amines is 1. The minimum Gasteiger partial charge on any atom is -0.462 e. The molecular formula is C22H24N2O2S. The van der Waals surface area contributed by atoms with Crippen molar-refractivity contribution in [1.82, 2.24) is 10.2 Å². The highest BCUT2D eigenvalue weighted by atomic mass is 32.2. The van der Waals surface area contributed by atoms with Crippen LogP contribution in [-0.4, -0.2) is 22.8 Å². The fourth-order valence-electron chi connectivity index (χ4n) is 2.79. The number of hydrogen-bond acceptors (Lipinski definition) is 4. The summed E-state index contributed by atoms with van der Waals surface area (Å²) in [5.41, 5.74) is 2.18. The topological polar surface area (TPSA) is 55.0 Å². The van der Waals surface area contributed by atoms with Crippen LogP contribution >= 0.6 is 11.8 Å². The lowest BCUT2D eigenvalue weighted by Gasteiger charge is -2.11. The number of ether oxygens (including phenoxy) is 1. The molecule has 5 heteroatoms. The highest BCUT2D eigenvalue weighted by Crippen LogP contribution is 2.32. The molecule has 4 nitrogen and oxygen atoms in total. The first kappa shape index (κ1) is 19.2. The number of hydrogen-bond donors (Lipinski definition) is 1. The van der Waals surface area contributed by atoms with Gasteiger partial charge in [-0.3, -0.25) is 5.10 Å². The first-order valence-electron chi connectivity index (χ1n) is 9.31. The van der Waals surface area contributed by atoms with Crippen molar-refractivity contribution in [3.05, 3.63) is 66.4 Å². The van der Waals surface area contributed by atoms with Crippen molar-refractivity contribution in [2.45, 2.75) is 42.4 Å². The van der Waals surface area contributed by atoms with E-state index < -0.39 is 0 Å². The van der Waals surface area contributed by atoms with Crippen LogP contribution in [0, 0.1) is 0 Å². The number of esters is 1. The Hall–Kier alpha value is -2.53. The summed E-state index contributed by atoms with van der Waals surface area (Å²) in [7, 11) is 0. The number of benzene rings is 2. The Morgan fingerprint density at radius 1 is 1.04 bits per heavy atom. The summed E-state index contributed by atoms with van der Waals surface area (Å²) in [5.74, 6) is -0.286. The summed E-state index contributed by atoms with van der Waals surface area (Å²) < 4.78 is 5.54. The van der Waals surface area contributed by atoms with Crippen molar-refractivity contribution in [3.63, 3.8) is 0 Å². The molecule has 1 aromatic heterocycles. The fourth-order valence-corrected chi connectivity index (χ4v) is 3.67. The van der Waals surface area contributed by atoms with Gasteiger partial charge in [0.1, 0.15) is 0 Å². The van der Waals surface area contributed by atoms with Crippen molar-refractivity contribution in [2.24, 2.45) is 0 Å². The second kappa shape index (κ2) is 9.97. The Morgan fingerprint density at radius 3 is 2.63 bits per heavy atom. The van der Waals surface area contributed by atoms with Crippen LogP contribution < -0.4 is 0 Å². The van der Waals surface area contributed by atoms with Gasteiger partial charge < -0.3 is 4.74 Å². The van der Waals surface area contributed by atoms with Crippen molar-refractivity contribution in [2.75, 3.05) is 6.61 Å². The Bertz CT molecular complexity index is 848. The molecule has 2 aromatic carbocycles. The molecule has 1 N–H and O–H groups in total. The van der Waals surface area contributed by atoms with E-state index in [0.29, 0.717) is 12.2 Å². The van der Waals surface area contributed by atoms with E-state index in [4.69, 9.17) is 4.74 Å². The van der Waals surface area contributed by atoms with Gasteiger partial charge in [-0.25, -0.2) is 4.79 Å². The van der Waals surface area contributed by atoms with Crippen LogP contribution in [0.4, 0.5) is 0 Å². The van der Waals surface area contributed by atoms with Gasteiger partial charge in [-0.2, -0.15) is 5.10 Å². The third-order valence-electron chi connectivity index (χ3n) is 4.21. The standard InChI is InChI=1S/C22H24N2O2S/c1-2-3-4-8-15-26-22(25)20-16-18(27-17-9-6-5-7-10-17)11-12-19(20)21-13-14-23-24-21/h5-7,9-14,16H,2-4,8,15H2,1H3,(H,23,24). The molecule has 0 spiro atoms. The number of H-pyrrole nitrogens is 1. The zero-order valence-electron chi connectivity index (χ0n) is 15.5. The Labute approximate surface area is 164 Å². The second-order valence-corrected chi connectivity index (χ2v) is 7.44. The lowest BCUT2D eigenvalue weighted by atomic mass is 10.0. The largest absolute Gasteiger partial charge is 0.462 e. The molecule has 0 saturated heterocycles. The van der Waals surface area contributed by atoms with Gasteiger partial charge in [-0.1, -0.05) is 62.2 Å². The molecule has 0 unspecified atom stereocenters. The van der Waals surface area contributed by atoms with Crippen LogP contribution in [0.2, 0.25) is 0 Å². The maximum absolute atomic E-state index is 12.7. The van der Waals surface area contributed by atoms with Crippen molar-refractivity contribution >= 4 is 17.7 Å². The molecule has 27 heavy (non-hydrogen) atoms. The molecule has 0 aliphatic carbocycles. The molecule has 1 heterocycles. The molecule has 0 amide bonds. The van der Waals surface area contributed by atoms with Crippen molar-refractivity contribution in [1.29, 1.82) is 0 Å². The second-order valence-electron chi connectivity index (χ2n) is 6.29. The first-order valence-corrected chi connectivity index (χ1v) is 10.1. The summed E-state index contributed by atoms with van der Waals surface area (Å²) in [6, 6.07) is 17.8. The van der Waals surface area contributed by atoms with E-state index in [1.54, 1.807) is 18.0 Å². The molecule has 3 rings (SSSR count). The number of carbonyl (C=O) groups is 1. The van der Waals surface area contributed by atoms with Gasteiger partial charge in [0.05, 0.1) is 17.9 Å². The molecule has 0 aliphatic heterocycles. The Morgan fingerprint density at radius 2 is 1.89 bits per heavy atom. The molecule has 0 fully saturated rings. The minimum absolute atomic E-state index is 0.286. The maximum Gasteiger partial charge on any atom is 0.338 e. The minimum atomic E-state index is -0.286. The summed E-state index contributed by atoms with van der Waals surface area (Å²) >= 11 is 1.63. The van der Waals surface area contributed by atoms with Gasteiger partial charge in [-0.15, -0.1) is 0 Å². The number of unbranched alkanes of at least 4 members (excludes halogenated alkanes) is 3. The van der Waals surface area contributed by atoms with E-state index >= 15 is 0 Å². The van der Waals surface area contributed by atoms with Crippen LogP contribution in [0.25, 0.3) is 11.3 Å². The van der Waals surface area contributed by atoms with Crippen LogP contribution in [0.5, 0.6) is 0 Å². The first-order chi connectivity index (χ1) is 13.3. The molecule has 0 saturated carbocycles. The van der Waals surface area contributed by atoms with E-state index in [2.05, 4.69) is 29.3 Å². The average Bonchev–Trinajstić information content (AvgIpc) is 3.23. The Kier molecular flexibility index (Phi) is 7.11. The number of nitrogens with zero attached hydrogens (tertiary/aromatic N) is 1. The van der Waals surface area contributed by atoms with Crippen LogP contribution in [-0.2, 0) is 4.74 Å². The fraction of sp³-hybridized carbons (Fsp3) is 0.273. The summed E-state index contributed by atoms with van der Waals surface area (Å²) in [6.45, 7) is 2.62. The molecule has 0 aliphatic rings. The monoisotopic (exact) mass is 380 g/mol. The smallest absolute Gasteiger partial charge is 0.338 e. The normalized spacial score (nSPS) is 10.7. The van der Waals surface area contributed by atoms with Crippen LogP contribution in [0.15, 0.2) is 70.6 Å². The van der Waals surface area contributed by atoms with Gasteiger partial charge in [0.15, 0.2) is 0 Å². The number of nitrogens with one attached hydrogen (secondary N) is 1. The van der Waals surface area contributed by atoms with E-state index in [1.165, 1.54) is 6.42 Å². The number of aromatic nitrogens is 2. The van der Waals surface area contributed by atoms with Crippen molar-refractivity contribution in [3.8, 4) is 11.3 Å². The predicted octanol–water partition coefficient (Wildman–Crippen LogP) is 5.97. The molecular weight excluding hydrogens is 356 g/mol. The van der Waals surface area contributed by atoms with Gasteiger partial charge in [-0.05, 0) is 36.8 Å². The third-order valence-corrected chi connectivity index (χ3v) is 5.21. The van der Waals surface area contributed by atoms with Gasteiger partial charge in [0.2, 0.25) is 0 Å². The molecule has 0 bridgehead atoms. The molecule has 140 valence electrons. The number of carbonyl (C=O) groups excluding carboxylic acids is 1. The van der Waals surface area contributed by atoms with Gasteiger partial charge >= 0.3 is 5.97 Å². The highest BCUT2D eigenvalue weighted by Gasteiger charge is 2.16. The maximum atomic E-state index is 12.7. The predicted molar refractivity (Wildman–Crippen MR) is 109 cm³/mol. The lowest BCUT2D eigenvalue weighted by molar-refractivity contribution is 0.0498. The van der Waals surface area contributed by atoms with Gasteiger partial charge in [0, 0.05) is 21.6 Å². The van der Waals surface area contributed by atoms with Crippen molar-refractivity contribution < 1.29 is 9.53 Å². The van der Waals surface area contributed by atoms with E-state index in [-0.39, 0.29) is 5.97 Å². The number of rotatable bonds is 9. The third kappa shape index (κ3) is 5.47. The Balaban J connectivity index is 1.79. The zero-order chi connectivity index (χ0) is 18.9. The lowest BCUT2D eigenvalue weighted by Crippen LogP contribution is -2.08. The zero-order valence-corrected chi connectivity index (χ0v) is 16.3. The average molecular weight is 381 g/mol. The summed E-state index contributed by atoms with van der Waals surface area (Å²) in [6.07, 6.45) is 6.00. The summed E-state index contributed by atoms with van der Waals surface area (Å²) in [4.78, 5) is 14.9. The van der Waals surface area contributed by atoms with E-state index in [0.717, 1.165) is 40.3 Å². The quantitative estimate of drug-likeness (QED) is 0.367. The highest BCUT2D eigenvalue weighted by molar-refractivity contribution is 7.99. The van der Waals surface area contributed by atoms with Gasteiger partial charge in [0.25, 0.3) is 0 Å². The molecule has 0 atom stereocenters. The SMILES string of the molecule is CCCCCCOC(=O)c1cc(Sc2ccccc2)ccc1-c1ccn[nH]1.